The number of benzene rings is 1. The molecule has 8 heteroatoms. The second-order valence-corrected chi connectivity index (χ2v) is 8.58. The molecular formula is C22H30N6OS. The van der Waals surface area contributed by atoms with Crippen LogP contribution in [0.15, 0.2) is 48.5 Å². The fourth-order valence-electron chi connectivity index (χ4n) is 3.25. The van der Waals surface area contributed by atoms with E-state index >= 15 is 0 Å². The predicted molar refractivity (Wildman–Crippen MR) is 128 cm³/mol. The van der Waals surface area contributed by atoms with Crippen molar-refractivity contribution in [1.29, 1.82) is 0 Å². The average molecular weight is 427 g/mol. The van der Waals surface area contributed by atoms with Crippen molar-refractivity contribution in [3.8, 4) is 0 Å². The molecular weight excluding hydrogens is 396 g/mol. The van der Waals surface area contributed by atoms with Crippen molar-refractivity contribution < 1.29 is 4.21 Å². The van der Waals surface area contributed by atoms with Gasteiger partial charge in [0.15, 0.2) is 5.82 Å². The van der Waals surface area contributed by atoms with Gasteiger partial charge in [-0.25, -0.2) is 9.19 Å². The van der Waals surface area contributed by atoms with Gasteiger partial charge in [-0.1, -0.05) is 25.7 Å². The van der Waals surface area contributed by atoms with Crippen LogP contribution < -0.4 is 19.8 Å². The Hall–Kier alpha value is -2.71. The van der Waals surface area contributed by atoms with Crippen molar-refractivity contribution in [1.82, 2.24) is 15.3 Å². The molecule has 2 atom stereocenters. The van der Waals surface area contributed by atoms with Gasteiger partial charge in [-0.05, 0) is 37.6 Å². The van der Waals surface area contributed by atoms with E-state index in [0.29, 0.717) is 17.8 Å². The second-order valence-electron chi connectivity index (χ2n) is 7.20. The van der Waals surface area contributed by atoms with Crippen LogP contribution in [0.25, 0.3) is 6.08 Å². The third-order valence-corrected chi connectivity index (χ3v) is 6.03. The van der Waals surface area contributed by atoms with Crippen LogP contribution in [-0.2, 0) is 11.0 Å². The highest BCUT2D eigenvalue weighted by Crippen LogP contribution is 2.24. The van der Waals surface area contributed by atoms with Crippen LogP contribution in [-0.4, -0.2) is 46.9 Å². The van der Waals surface area contributed by atoms with Gasteiger partial charge in [0, 0.05) is 61.3 Å². The Balaban J connectivity index is 1.75. The minimum atomic E-state index is -1.32. The highest BCUT2D eigenvalue weighted by Gasteiger charge is 2.16. The number of piperazine rings is 1. The molecule has 3 rings (SSSR count). The maximum absolute atomic E-state index is 12.5. The molecule has 1 fully saturated rings. The van der Waals surface area contributed by atoms with E-state index in [-0.39, 0.29) is 0 Å². The Morgan fingerprint density at radius 1 is 1.40 bits per heavy atom. The fourth-order valence-corrected chi connectivity index (χ4v) is 4.10. The van der Waals surface area contributed by atoms with Crippen molar-refractivity contribution >= 4 is 40.2 Å². The Bertz CT molecular complexity index is 914. The molecule has 2 N–H and O–H groups in total. The Labute approximate surface area is 181 Å². The van der Waals surface area contributed by atoms with Crippen molar-refractivity contribution in [3.63, 3.8) is 0 Å². The number of nitrogens with one attached hydrogen (secondary N) is 2. The highest BCUT2D eigenvalue weighted by atomic mass is 32.2. The molecule has 1 aromatic carbocycles. The Morgan fingerprint density at radius 2 is 2.17 bits per heavy atom. The second kappa shape index (κ2) is 10.4. The van der Waals surface area contributed by atoms with E-state index < -0.39 is 11.0 Å². The number of aromatic nitrogens is 2. The summed E-state index contributed by atoms with van der Waals surface area (Å²) >= 11 is 0. The van der Waals surface area contributed by atoms with E-state index in [1.165, 1.54) is 5.69 Å². The van der Waals surface area contributed by atoms with Gasteiger partial charge >= 0.3 is 0 Å². The predicted octanol–water partition coefficient (Wildman–Crippen LogP) is 3.68. The van der Waals surface area contributed by atoms with Crippen LogP contribution in [0, 0.1) is 0 Å². The normalized spacial score (nSPS) is 17.7. The zero-order valence-corrected chi connectivity index (χ0v) is 18.7. The largest absolute Gasteiger partial charge is 0.369 e. The van der Waals surface area contributed by atoms with E-state index in [1.807, 2.05) is 25.1 Å². The van der Waals surface area contributed by atoms with Gasteiger partial charge in [0.05, 0.1) is 0 Å². The van der Waals surface area contributed by atoms with Gasteiger partial charge in [0.2, 0.25) is 5.95 Å². The number of rotatable bonds is 8. The number of hydrogen-bond acceptors (Lipinski definition) is 6. The molecule has 7 nitrogen and oxygen atoms in total. The molecule has 1 aliphatic heterocycles. The van der Waals surface area contributed by atoms with Gasteiger partial charge in [0.25, 0.3) is 0 Å². The average Bonchev–Trinajstić information content (AvgIpc) is 2.77. The molecule has 2 heterocycles. The maximum Gasteiger partial charge on any atom is 0.229 e. The lowest BCUT2D eigenvalue weighted by molar-refractivity contribution is 0.485. The first-order valence-corrected chi connectivity index (χ1v) is 11.3. The molecule has 2 aromatic rings. The minimum Gasteiger partial charge on any atom is -0.369 e. The van der Waals surface area contributed by atoms with Crippen LogP contribution in [0.4, 0.5) is 23.1 Å². The summed E-state index contributed by atoms with van der Waals surface area (Å²) in [6.07, 6.45) is 6.06. The smallest absolute Gasteiger partial charge is 0.229 e. The van der Waals surface area contributed by atoms with Crippen molar-refractivity contribution in [2.75, 3.05) is 41.2 Å². The SMILES string of the molecule is C=Cc1cnc(Nc2ccc(N3CCNC(C)C3)cc2)nc1N(C)S(=O)/C=C\CC. The van der Waals surface area contributed by atoms with E-state index in [4.69, 9.17) is 0 Å². The lowest BCUT2D eigenvalue weighted by Gasteiger charge is -2.33. The molecule has 0 spiro atoms. The van der Waals surface area contributed by atoms with Crippen LogP contribution in [0.1, 0.15) is 25.8 Å². The quantitative estimate of drug-likeness (QED) is 0.671. The fraction of sp³-hybridized carbons (Fsp3) is 0.364. The standard InChI is InChI=1S/C22H30N6OS/c1-5-7-14-30(29)27(4)21-18(6-2)15-24-22(26-21)25-19-8-10-20(11-9-19)28-13-12-23-17(3)16-28/h6-11,14-15,17,23H,2,5,12-13,16H2,1,3-4H3,(H,24,25,26)/b14-7-. The number of hydrogen-bond donors (Lipinski definition) is 2. The third kappa shape index (κ3) is 5.46. The lowest BCUT2D eigenvalue weighted by atomic mass is 10.2. The van der Waals surface area contributed by atoms with E-state index in [9.17, 15) is 4.21 Å². The summed E-state index contributed by atoms with van der Waals surface area (Å²) < 4.78 is 14.1. The molecule has 0 aliphatic carbocycles. The molecule has 0 bridgehead atoms. The van der Waals surface area contributed by atoms with Crippen LogP contribution in [0.3, 0.4) is 0 Å². The van der Waals surface area contributed by atoms with Gasteiger partial charge in [-0.3, -0.25) is 4.31 Å². The topological polar surface area (TPSA) is 73.4 Å². The third-order valence-electron chi connectivity index (χ3n) is 4.89. The zero-order valence-electron chi connectivity index (χ0n) is 17.8. The molecule has 160 valence electrons. The summed E-state index contributed by atoms with van der Waals surface area (Å²) in [5.74, 6) is 1.01. The molecule has 1 saturated heterocycles. The molecule has 0 amide bonds. The van der Waals surface area contributed by atoms with Crippen molar-refractivity contribution in [3.05, 3.63) is 54.1 Å². The summed E-state index contributed by atoms with van der Waals surface area (Å²) in [6, 6.07) is 8.75. The monoisotopic (exact) mass is 426 g/mol. The van der Waals surface area contributed by atoms with E-state index in [2.05, 4.69) is 51.1 Å². The number of anilines is 4. The summed E-state index contributed by atoms with van der Waals surface area (Å²) in [7, 11) is 0.433. The van der Waals surface area contributed by atoms with E-state index in [1.54, 1.807) is 29.0 Å². The van der Waals surface area contributed by atoms with E-state index in [0.717, 1.165) is 37.3 Å². The number of allylic oxidation sites excluding steroid dienone is 1. The molecule has 30 heavy (non-hydrogen) atoms. The lowest BCUT2D eigenvalue weighted by Crippen LogP contribution is -2.49. The van der Waals surface area contributed by atoms with Crippen molar-refractivity contribution in [2.24, 2.45) is 0 Å². The highest BCUT2D eigenvalue weighted by molar-refractivity contribution is 7.89. The molecule has 1 aromatic heterocycles. The maximum atomic E-state index is 12.5. The summed E-state index contributed by atoms with van der Waals surface area (Å²) in [6.45, 7) is 11.0. The molecule has 1 aliphatic rings. The zero-order chi connectivity index (χ0) is 21.5. The van der Waals surface area contributed by atoms with Crippen LogP contribution in [0.2, 0.25) is 0 Å². The van der Waals surface area contributed by atoms with Crippen LogP contribution in [0.5, 0.6) is 0 Å². The Morgan fingerprint density at radius 3 is 2.83 bits per heavy atom. The van der Waals surface area contributed by atoms with Gasteiger partial charge in [-0.15, -0.1) is 0 Å². The Kier molecular flexibility index (Phi) is 7.59. The first kappa shape index (κ1) is 22.0. The molecule has 2 unspecified atom stereocenters. The van der Waals surface area contributed by atoms with Gasteiger partial charge < -0.3 is 15.5 Å². The molecule has 0 saturated carbocycles. The summed E-state index contributed by atoms with van der Waals surface area (Å²) in [5, 5.41) is 8.37. The van der Waals surface area contributed by atoms with Gasteiger partial charge in [-0.2, -0.15) is 4.98 Å². The number of nitrogens with zero attached hydrogens (tertiary/aromatic N) is 4. The first-order valence-electron chi connectivity index (χ1n) is 10.2. The summed E-state index contributed by atoms with van der Waals surface area (Å²) in [4.78, 5) is 11.3. The minimum absolute atomic E-state index is 0.447. The first-order chi connectivity index (χ1) is 14.5. The van der Waals surface area contributed by atoms with Gasteiger partial charge in [0.1, 0.15) is 11.0 Å². The van der Waals surface area contributed by atoms with Crippen molar-refractivity contribution in [2.45, 2.75) is 26.3 Å². The summed E-state index contributed by atoms with van der Waals surface area (Å²) in [5.41, 5.74) is 2.83. The molecule has 0 radical (unpaired) electrons. The van der Waals surface area contributed by atoms with Crippen LogP contribution >= 0.6 is 0 Å².